The number of hydrogen-bond acceptors (Lipinski definition) is 4. The third-order valence-electron chi connectivity index (χ3n) is 4.71. The number of amides is 1. The summed E-state index contributed by atoms with van der Waals surface area (Å²) in [7, 11) is 0. The van der Waals surface area contributed by atoms with Crippen LogP contribution in [0.4, 0.5) is 0 Å². The van der Waals surface area contributed by atoms with Crippen molar-refractivity contribution in [3.05, 3.63) is 39.9 Å². The molecule has 2 fully saturated rings. The molecule has 0 spiro atoms. The highest BCUT2D eigenvalue weighted by Crippen LogP contribution is 2.31. The first kappa shape index (κ1) is 15.1. The first-order chi connectivity index (χ1) is 11.1. The zero-order chi connectivity index (χ0) is 16.0. The highest BCUT2D eigenvalue weighted by atomic mass is 35.5. The average Bonchev–Trinajstić information content (AvgIpc) is 3.23. The first-order valence-corrected chi connectivity index (χ1v) is 9.10. The number of carbonyl (C=O) groups excluding carboxylic acids is 1. The Bertz CT molecular complexity index is 743. The number of fused-ring (bicyclic) bond motifs is 2. The molecule has 1 aromatic carbocycles. The quantitative estimate of drug-likeness (QED) is 0.894. The summed E-state index contributed by atoms with van der Waals surface area (Å²) in [4.78, 5) is 17.9. The van der Waals surface area contributed by atoms with Gasteiger partial charge < -0.3 is 10.6 Å². The van der Waals surface area contributed by atoms with Gasteiger partial charge in [-0.25, -0.2) is 4.98 Å². The second-order valence-corrected chi connectivity index (χ2v) is 7.74. The summed E-state index contributed by atoms with van der Waals surface area (Å²) in [6.07, 6.45) is 3.43. The van der Waals surface area contributed by atoms with E-state index < -0.39 is 0 Å². The summed E-state index contributed by atoms with van der Waals surface area (Å²) in [5, 5.41) is 8.29. The summed E-state index contributed by atoms with van der Waals surface area (Å²) in [6.45, 7) is 1.89. The highest BCUT2D eigenvalue weighted by Gasteiger charge is 2.40. The van der Waals surface area contributed by atoms with Crippen molar-refractivity contribution < 1.29 is 4.79 Å². The second kappa shape index (κ2) is 5.89. The molecule has 1 aromatic heterocycles. The Morgan fingerprint density at radius 2 is 2.13 bits per heavy atom. The SMILES string of the molecule is Cc1nc(-c2ccc(Cl)cc2)sc1C(=O)NC1CC2CCC1N2. The Morgan fingerprint density at radius 3 is 2.78 bits per heavy atom. The number of halogens is 1. The molecule has 23 heavy (non-hydrogen) atoms. The molecule has 1 amide bonds. The van der Waals surface area contributed by atoms with Gasteiger partial charge in [-0.3, -0.25) is 4.79 Å². The lowest BCUT2D eigenvalue weighted by atomic mass is 9.95. The van der Waals surface area contributed by atoms with Crippen molar-refractivity contribution in [2.24, 2.45) is 0 Å². The van der Waals surface area contributed by atoms with Gasteiger partial charge in [0, 0.05) is 28.7 Å². The number of benzene rings is 1. The van der Waals surface area contributed by atoms with Crippen molar-refractivity contribution in [2.45, 2.75) is 44.3 Å². The summed E-state index contributed by atoms with van der Waals surface area (Å²) in [5.74, 6) is -0.000404. The number of aromatic nitrogens is 1. The molecule has 4 nitrogen and oxygen atoms in total. The van der Waals surface area contributed by atoms with E-state index in [1.54, 1.807) is 0 Å². The predicted molar refractivity (Wildman–Crippen MR) is 93.1 cm³/mol. The van der Waals surface area contributed by atoms with Crippen molar-refractivity contribution in [3.63, 3.8) is 0 Å². The molecule has 2 aromatic rings. The number of aryl methyl sites for hydroxylation is 1. The van der Waals surface area contributed by atoms with Gasteiger partial charge in [-0.05, 0) is 38.3 Å². The Hall–Kier alpha value is -1.43. The van der Waals surface area contributed by atoms with E-state index in [2.05, 4.69) is 15.6 Å². The van der Waals surface area contributed by atoms with E-state index in [4.69, 9.17) is 11.6 Å². The monoisotopic (exact) mass is 347 g/mol. The first-order valence-electron chi connectivity index (χ1n) is 7.90. The standard InChI is InChI=1S/C17H18ClN3OS/c1-9-15(16(22)21-14-8-12-6-7-13(14)20-12)23-17(19-9)10-2-4-11(18)5-3-10/h2-5,12-14,20H,6-8H2,1H3,(H,21,22). The predicted octanol–water partition coefficient (Wildman–Crippen LogP) is 3.39. The van der Waals surface area contributed by atoms with Gasteiger partial charge in [0.15, 0.2) is 0 Å². The van der Waals surface area contributed by atoms with Crippen LogP contribution in [0.15, 0.2) is 24.3 Å². The van der Waals surface area contributed by atoms with E-state index in [0.717, 1.165) is 29.1 Å². The molecule has 2 saturated heterocycles. The van der Waals surface area contributed by atoms with Crippen molar-refractivity contribution in [1.82, 2.24) is 15.6 Å². The van der Waals surface area contributed by atoms with Crippen molar-refractivity contribution in [3.8, 4) is 10.6 Å². The summed E-state index contributed by atoms with van der Waals surface area (Å²) < 4.78 is 0. The van der Waals surface area contributed by atoms with Crippen LogP contribution in [0.2, 0.25) is 5.02 Å². The molecule has 2 bridgehead atoms. The molecule has 6 heteroatoms. The Kier molecular flexibility index (Phi) is 3.87. The van der Waals surface area contributed by atoms with Crippen LogP contribution in [0, 0.1) is 6.92 Å². The molecule has 0 aliphatic carbocycles. The van der Waals surface area contributed by atoms with Gasteiger partial charge in [0.05, 0.1) is 5.69 Å². The Morgan fingerprint density at radius 1 is 1.35 bits per heavy atom. The molecule has 2 aliphatic heterocycles. The molecular formula is C17H18ClN3OS. The zero-order valence-electron chi connectivity index (χ0n) is 12.8. The van der Waals surface area contributed by atoms with Crippen LogP contribution in [0.1, 0.15) is 34.6 Å². The van der Waals surface area contributed by atoms with Crippen LogP contribution in [-0.4, -0.2) is 29.0 Å². The van der Waals surface area contributed by atoms with Crippen LogP contribution in [0.25, 0.3) is 10.6 Å². The maximum absolute atomic E-state index is 12.6. The third-order valence-corrected chi connectivity index (χ3v) is 6.17. The molecule has 0 saturated carbocycles. The van der Waals surface area contributed by atoms with E-state index in [1.165, 1.54) is 17.8 Å². The largest absolute Gasteiger partial charge is 0.347 e. The van der Waals surface area contributed by atoms with E-state index in [1.807, 2.05) is 31.2 Å². The molecule has 3 unspecified atom stereocenters. The fraction of sp³-hybridized carbons (Fsp3) is 0.412. The molecule has 3 atom stereocenters. The molecule has 3 heterocycles. The van der Waals surface area contributed by atoms with Crippen molar-refractivity contribution in [1.29, 1.82) is 0 Å². The van der Waals surface area contributed by atoms with Gasteiger partial charge in [-0.1, -0.05) is 23.7 Å². The number of nitrogens with one attached hydrogen (secondary N) is 2. The van der Waals surface area contributed by atoms with Crippen molar-refractivity contribution in [2.75, 3.05) is 0 Å². The van der Waals surface area contributed by atoms with Gasteiger partial charge in [0.2, 0.25) is 0 Å². The maximum Gasteiger partial charge on any atom is 0.263 e. The minimum Gasteiger partial charge on any atom is -0.347 e. The maximum atomic E-state index is 12.6. The minimum absolute atomic E-state index is 0.000404. The average molecular weight is 348 g/mol. The Balaban J connectivity index is 1.52. The lowest BCUT2D eigenvalue weighted by Gasteiger charge is -2.21. The lowest BCUT2D eigenvalue weighted by Crippen LogP contribution is -2.42. The number of nitrogens with zero attached hydrogens (tertiary/aromatic N) is 1. The summed E-state index contributed by atoms with van der Waals surface area (Å²) >= 11 is 7.37. The summed E-state index contributed by atoms with van der Waals surface area (Å²) in [6, 6.07) is 8.82. The third kappa shape index (κ3) is 2.89. The molecule has 2 N–H and O–H groups in total. The van der Waals surface area contributed by atoms with Crippen LogP contribution >= 0.6 is 22.9 Å². The lowest BCUT2D eigenvalue weighted by molar-refractivity contribution is 0.0934. The molecule has 2 aliphatic rings. The topological polar surface area (TPSA) is 54.0 Å². The zero-order valence-corrected chi connectivity index (χ0v) is 14.4. The van der Waals surface area contributed by atoms with Gasteiger partial charge in [0.1, 0.15) is 9.88 Å². The van der Waals surface area contributed by atoms with Gasteiger partial charge in [-0.15, -0.1) is 11.3 Å². The fourth-order valence-electron chi connectivity index (χ4n) is 3.54. The van der Waals surface area contributed by atoms with Crippen LogP contribution < -0.4 is 10.6 Å². The number of rotatable bonds is 3. The smallest absolute Gasteiger partial charge is 0.263 e. The van der Waals surface area contributed by atoms with Crippen LogP contribution in [-0.2, 0) is 0 Å². The molecule has 0 radical (unpaired) electrons. The van der Waals surface area contributed by atoms with Crippen LogP contribution in [0.3, 0.4) is 0 Å². The Labute approximate surface area is 144 Å². The van der Waals surface area contributed by atoms with Gasteiger partial charge in [-0.2, -0.15) is 0 Å². The van der Waals surface area contributed by atoms with E-state index in [9.17, 15) is 4.79 Å². The van der Waals surface area contributed by atoms with Crippen molar-refractivity contribution >= 4 is 28.8 Å². The van der Waals surface area contributed by atoms with E-state index in [-0.39, 0.29) is 11.9 Å². The molecule has 4 rings (SSSR count). The molecule has 120 valence electrons. The van der Waals surface area contributed by atoms with Gasteiger partial charge in [0.25, 0.3) is 5.91 Å². The number of hydrogen-bond donors (Lipinski definition) is 2. The van der Waals surface area contributed by atoms with E-state index in [0.29, 0.717) is 22.0 Å². The second-order valence-electron chi connectivity index (χ2n) is 6.30. The number of carbonyl (C=O) groups is 1. The van der Waals surface area contributed by atoms with E-state index >= 15 is 0 Å². The molecular weight excluding hydrogens is 330 g/mol. The summed E-state index contributed by atoms with van der Waals surface area (Å²) in [5.41, 5.74) is 1.77. The normalized spacial score (nSPS) is 25.7. The minimum atomic E-state index is -0.000404. The fourth-order valence-corrected chi connectivity index (χ4v) is 4.64. The number of thiazole rings is 1. The highest BCUT2D eigenvalue weighted by molar-refractivity contribution is 7.17. The van der Waals surface area contributed by atoms with Gasteiger partial charge >= 0.3 is 0 Å². The van der Waals surface area contributed by atoms with Crippen LogP contribution in [0.5, 0.6) is 0 Å².